The molecule has 2 aromatic rings. The quantitative estimate of drug-likeness (QED) is 0.835. The summed E-state index contributed by atoms with van der Waals surface area (Å²) in [5.74, 6) is 1.34. The van der Waals surface area contributed by atoms with Gasteiger partial charge < -0.3 is 5.73 Å². The van der Waals surface area contributed by atoms with E-state index in [1.54, 1.807) is 12.4 Å². The highest BCUT2D eigenvalue weighted by Gasteiger charge is 2.02. The second-order valence-electron chi connectivity index (χ2n) is 2.55. The van der Waals surface area contributed by atoms with Gasteiger partial charge in [0.15, 0.2) is 5.82 Å². The van der Waals surface area contributed by atoms with Crippen molar-refractivity contribution in [1.29, 1.82) is 0 Å². The normalized spacial score (nSPS) is 8.87. The Morgan fingerprint density at radius 1 is 1.20 bits per heavy atom. The molecule has 82 valence electrons. The molecule has 7 heteroatoms. The highest BCUT2D eigenvalue weighted by molar-refractivity contribution is 5.85. The zero-order chi connectivity index (χ0) is 9.10. The third-order valence-electron chi connectivity index (χ3n) is 1.66. The van der Waals surface area contributed by atoms with Gasteiger partial charge in [-0.25, -0.2) is 4.98 Å². The molecule has 3 N–H and O–H groups in total. The number of aromatic amines is 1. The maximum absolute atomic E-state index is 5.40. The van der Waals surface area contributed by atoms with Crippen LogP contribution in [0.15, 0.2) is 24.5 Å². The minimum Gasteiger partial charge on any atom is -0.324 e. The zero-order valence-electron chi connectivity index (χ0n) is 7.75. The monoisotopic (exact) mass is 247 g/mol. The molecule has 0 fully saturated rings. The molecule has 0 saturated carbocycles. The van der Waals surface area contributed by atoms with Gasteiger partial charge in [0, 0.05) is 18.0 Å². The Balaban J connectivity index is 0.000000980. The number of pyridine rings is 1. The molecule has 15 heavy (non-hydrogen) atoms. The predicted octanol–water partition coefficient (Wildman–Crippen LogP) is 1.17. The van der Waals surface area contributed by atoms with Crippen LogP contribution in [0.4, 0.5) is 0 Å². The second kappa shape index (κ2) is 6.34. The molecule has 0 radical (unpaired) electrons. The van der Waals surface area contributed by atoms with Gasteiger partial charge in [0.1, 0.15) is 5.82 Å². The summed E-state index contributed by atoms with van der Waals surface area (Å²) in [6.45, 7) is 0.373. The summed E-state index contributed by atoms with van der Waals surface area (Å²) in [4.78, 5) is 8.09. The third-order valence-corrected chi connectivity index (χ3v) is 1.66. The van der Waals surface area contributed by atoms with Gasteiger partial charge >= 0.3 is 0 Å². The Labute approximate surface area is 99.3 Å². The van der Waals surface area contributed by atoms with Gasteiger partial charge in [-0.1, -0.05) is 0 Å². The number of nitrogens with one attached hydrogen (secondary N) is 1. The number of aromatic nitrogens is 4. The van der Waals surface area contributed by atoms with E-state index in [2.05, 4.69) is 20.2 Å². The first-order valence-corrected chi connectivity index (χ1v) is 3.92. The molecule has 0 saturated heterocycles. The summed E-state index contributed by atoms with van der Waals surface area (Å²) >= 11 is 0. The molecule has 0 amide bonds. The lowest BCUT2D eigenvalue weighted by Crippen LogP contribution is -1.97. The van der Waals surface area contributed by atoms with Crippen LogP contribution >= 0.6 is 24.8 Å². The van der Waals surface area contributed by atoms with E-state index < -0.39 is 0 Å². The zero-order valence-corrected chi connectivity index (χ0v) is 9.38. The number of H-pyrrole nitrogens is 1. The van der Waals surface area contributed by atoms with Crippen molar-refractivity contribution in [3.8, 4) is 11.4 Å². The summed E-state index contributed by atoms with van der Waals surface area (Å²) in [6, 6.07) is 3.70. The van der Waals surface area contributed by atoms with Crippen molar-refractivity contribution >= 4 is 24.8 Å². The number of nitrogens with two attached hydrogens (primary N) is 1. The standard InChI is InChI=1S/C8H9N5.2ClH/c9-5-7-11-8(13-12-7)6-1-3-10-4-2-6;;/h1-4H,5,9H2,(H,11,12,13);2*1H. The molecule has 0 spiro atoms. The van der Waals surface area contributed by atoms with Gasteiger partial charge in [0.05, 0.1) is 6.54 Å². The van der Waals surface area contributed by atoms with Gasteiger partial charge in [-0.2, -0.15) is 5.10 Å². The number of hydrogen-bond donors (Lipinski definition) is 2. The van der Waals surface area contributed by atoms with Crippen LogP contribution in [0.3, 0.4) is 0 Å². The van der Waals surface area contributed by atoms with E-state index in [0.29, 0.717) is 18.2 Å². The molecule has 2 rings (SSSR count). The van der Waals surface area contributed by atoms with E-state index in [1.165, 1.54) is 0 Å². The number of hydrogen-bond acceptors (Lipinski definition) is 4. The van der Waals surface area contributed by atoms with Gasteiger partial charge in [0.2, 0.25) is 0 Å². The van der Waals surface area contributed by atoms with Gasteiger partial charge in [-0.3, -0.25) is 10.1 Å². The van der Waals surface area contributed by atoms with Crippen LogP contribution in [0, 0.1) is 0 Å². The first kappa shape index (κ1) is 13.8. The SMILES string of the molecule is Cl.Cl.NCc1nc(-c2ccncc2)n[nH]1. The smallest absolute Gasteiger partial charge is 0.181 e. The maximum Gasteiger partial charge on any atom is 0.181 e. The Hall–Kier alpha value is -1.17. The Morgan fingerprint density at radius 2 is 1.87 bits per heavy atom. The van der Waals surface area contributed by atoms with Crippen molar-refractivity contribution in [3.63, 3.8) is 0 Å². The first-order chi connectivity index (χ1) is 6.40. The van der Waals surface area contributed by atoms with E-state index in [-0.39, 0.29) is 24.8 Å². The molecule has 0 atom stereocenters. The molecule has 0 aliphatic rings. The average Bonchev–Trinajstić information content (AvgIpc) is 2.67. The number of halogens is 2. The fourth-order valence-electron chi connectivity index (χ4n) is 1.02. The largest absolute Gasteiger partial charge is 0.324 e. The summed E-state index contributed by atoms with van der Waals surface area (Å²) in [5, 5.41) is 6.76. The summed E-state index contributed by atoms with van der Waals surface area (Å²) in [7, 11) is 0. The van der Waals surface area contributed by atoms with E-state index in [9.17, 15) is 0 Å². The van der Waals surface area contributed by atoms with Crippen molar-refractivity contribution < 1.29 is 0 Å². The van der Waals surface area contributed by atoms with Gasteiger partial charge in [-0.15, -0.1) is 24.8 Å². The highest BCUT2D eigenvalue weighted by atomic mass is 35.5. The predicted molar refractivity (Wildman–Crippen MR) is 62.0 cm³/mol. The van der Waals surface area contributed by atoms with E-state index in [0.717, 1.165) is 5.56 Å². The Bertz CT molecular complexity index is 389. The van der Waals surface area contributed by atoms with Crippen LogP contribution in [0.5, 0.6) is 0 Å². The summed E-state index contributed by atoms with van der Waals surface area (Å²) in [5.41, 5.74) is 6.33. The Kier molecular flexibility index (Phi) is 5.84. The second-order valence-corrected chi connectivity index (χ2v) is 2.55. The van der Waals surface area contributed by atoms with Crippen molar-refractivity contribution in [2.45, 2.75) is 6.54 Å². The molecule has 0 bridgehead atoms. The fourth-order valence-corrected chi connectivity index (χ4v) is 1.02. The molecule has 0 aromatic carbocycles. The van der Waals surface area contributed by atoms with Crippen LogP contribution in [0.2, 0.25) is 0 Å². The molecular formula is C8H11Cl2N5. The van der Waals surface area contributed by atoms with Crippen LogP contribution in [-0.4, -0.2) is 20.2 Å². The van der Waals surface area contributed by atoms with Crippen LogP contribution < -0.4 is 5.73 Å². The molecule has 0 aliphatic heterocycles. The van der Waals surface area contributed by atoms with E-state index in [4.69, 9.17) is 5.73 Å². The maximum atomic E-state index is 5.40. The highest BCUT2D eigenvalue weighted by Crippen LogP contribution is 2.11. The molecule has 2 aromatic heterocycles. The van der Waals surface area contributed by atoms with Gasteiger partial charge in [-0.05, 0) is 12.1 Å². The Morgan fingerprint density at radius 3 is 2.40 bits per heavy atom. The number of nitrogens with zero attached hydrogens (tertiary/aromatic N) is 3. The lowest BCUT2D eigenvalue weighted by atomic mass is 10.2. The van der Waals surface area contributed by atoms with Crippen molar-refractivity contribution in [2.75, 3.05) is 0 Å². The van der Waals surface area contributed by atoms with Crippen molar-refractivity contribution in [2.24, 2.45) is 5.73 Å². The van der Waals surface area contributed by atoms with Crippen LogP contribution in [0.25, 0.3) is 11.4 Å². The van der Waals surface area contributed by atoms with Crippen LogP contribution in [-0.2, 0) is 6.54 Å². The molecule has 5 nitrogen and oxygen atoms in total. The third kappa shape index (κ3) is 3.16. The topological polar surface area (TPSA) is 80.5 Å². The lowest BCUT2D eigenvalue weighted by Gasteiger charge is -1.90. The average molecular weight is 248 g/mol. The molecule has 0 aliphatic carbocycles. The summed E-state index contributed by atoms with van der Waals surface area (Å²) in [6.07, 6.45) is 3.40. The number of rotatable bonds is 2. The summed E-state index contributed by atoms with van der Waals surface area (Å²) < 4.78 is 0. The molecule has 0 unspecified atom stereocenters. The molecular weight excluding hydrogens is 237 g/mol. The first-order valence-electron chi connectivity index (χ1n) is 3.92. The minimum absolute atomic E-state index is 0. The molecule has 2 heterocycles. The lowest BCUT2D eigenvalue weighted by molar-refractivity contribution is 0.917. The minimum atomic E-state index is 0. The van der Waals surface area contributed by atoms with Gasteiger partial charge in [0.25, 0.3) is 0 Å². The van der Waals surface area contributed by atoms with Crippen LogP contribution in [0.1, 0.15) is 5.82 Å². The van der Waals surface area contributed by atoms with Crippen molar-refractivity contribution in [3.05, 3.63) is 30.4 Å². The van der Waals surface area contributed by atoms with E-state index in [1.807, 2.05) is 12.1 Å². The fraction of sp³-hybridized carbons (Fsp3) is 0.125. The van der Waals surface area contributed by atoms with Crippen molar-refractivity contribution in [1.82, 2.24) is 20.2 Å². The van der Waals surface area contributed by atoms with E-state index >= 15 is 0 Å².